The van der Waals surface area contributed by atoms with E-state index in [1.807, 2.05) is 12.1 Å². The Labute approximate surface area is 122 Å². The molecule has 0 atom stereocenters. The van der Waals surface area contributed by atoms with E-state index in [-0.39, 0.29) is 9.92 Å². The molecule has 0 fully saturated rings. The maximum Gasteiger partial charge on any atom is 0.221 e. The average molecular weight is 296 g/mol. The number of rotatable bonds is 3. The van der Waals surface area contributed by atoms with Gasteiger partial charge < -0.3 is 4.98 Å². The van der Waals surface area contributed by atoms with Crippen molar-refractivity contribution in [1.29, 1.82) is 5.26 Å². The predicted octanol–water partition coefficient (Wildman–Crippen LogP) is 3.07. The SMILES string of the molecule is N#CCc1ccc2[nH]c(S(=O)(=O)c3ccccc3)cc2c1. The minimum absolute atomic E-state index is 0.165. The van der Waals surface area contributed by atoms with Crippen molar-refractivity contribution in [2.24, 2.45) is 0 Å². The second-order valence-corrected chi connectivity index (χ2v) is 6.62. The van der Waals surface area contributed by atoms with Crippen molar-refractivity contribution in [2.75, 3.05) is 0 Å². The van der Waals surface area contributed by atoms with Crippen LogP contribution in [0.1, 0.15) is 5.56 Å². The number of fused-ring (bicyclic) bond motifs is 1. The molecule has 4 nitrogen and oxygen atoms in total. The van der Waals surface area contributed by atoms with Gasteiger partial charge in [0.2, 0.25) is 9.84 Å². The largest absolute Gasteiger partial charge is 0.345 e. The zero-order valence-corrected chi connectivity index (χ0v) is 11.9. The van der Waals surface area contributed by atoms with E-state index in [0.29, 0.717) is 6.42 Å². The maximum absolute atomic E-state index is 12.5. The minimum Gasteiger partial charge on any atom is -0.345 e. The van der Waals surface area contributed by atoms with Crippen molar-refractivity contribution in [3.8, 4) is 6.07 Å². The summed E-state index contributed by atoms with van der Waals surface area (Å²) in [5.41, 5.74) is 1.61. The first-order valence-corrected chi connectivity index (χ1v) is 7.88. The van der Waals surface area contributed by atoms with Gasteiger partial charge in [0.15, 0.2) is 0 Å². The molecule has 1 heterocycles. The first-order chi connectivity index (χ1) is 10.1. The van der Waals surface area contributed by atoms with Crippen LogP contribution in [0.5, 0.6) is 0 Å². The lowest BCUT2D eigenvalue weighted by molar-refractivity contribution is 0.593. The highest BCUT2D eigenvalue weighted by Gasteiger charge is 2.19. The van der Waals surface area contributed by atoms with Crippen molar-refractivity contribution in [1.82, 2.24) is 4.98 Å². The summed E-state index contributed by atoms with van der Waals surface area (Å²) in [5.74, 6) is 0. The molecule has 0 saturated heterocycles. The van der Waals surface area contributed by atoms with Gasteiger partial charge in [0.25, 0.3) is 0 Å². The molecule has 1 N–H and O–H groups in total. The van der Waals surface area contributed by atoms with Crippen LogP contribution >= 0.6 is 0 Å². The summed E-state index contributed by atoms with van der Waals surface area (Å²) in [6.45, 7) is 0. The van der Waals surface area contributed by atoms with Crippen LogP contribution in [0, 0.1) is 11.3 Å². The van der Waals surface area contributed by atoms with E-state index >= 15 is 0 Å². The molecule has 3 aromatic rings. The standard InChI is InChI=1S/C16H12N2O2S/c17-9-8-12-6-7-15-13(10-12)11-16(18-15)21(19,20)14-4-2-1-3-5-14/h1-7,10-11,18H,8H2. The lowest BCUT2D eigenvalue weighted by Gasteiger charge is -2.00. The molecule has 0 aliphatic rings. The summed E-state index contributed by atoms with van der Waals surface area (Å²) in [6.07, 6.45) is 0.307. The lowest BCUT2D eigenvalue weighted by atomic mass is 10.1. The van der Waals surface area contributed by atoms with E-state index in [1.54, 1.807) is 42.5 Å². The molecule has 1 aromatic heterocycles. The average Bonchev–Trinajstić information content (AvgIpc) is 2.92. The highest BCUT2D eigenvalue weighted by atomic mass is 32.2. The Morgan fingerprint density at radius 1 is 1.05 bits per heavy atom. The van der Waals surface area contributed by atoms with E-state index in [9.17, 15) is 8.42 Å². The third-order valence-electron chi connectivity index (χ3n) is 3.29. The summed E-state index contributed by atoms with van der Waals surface area (Å²) in [4.78, 5) is 3.19. The second kappa shape index (κ2) is 5.08. The molecule has 0 bridgehead atoms. The number of hydrogen-bond donors (Lipinski definition) is 1. The molecular weight excluding hydrogens is 284 g/mol. The van der Waals surface area contributed by atoms with Gasteiger partial charge in [-0.15, -0.1) is 0 Å². The van der Waals surface area contributed by atoms with Gasteiger partial charge in [-0.05, 0) is 35.9 Å². The third-order valence-corrected chi connectivity index (χ3v) is 4.98. The summed E-state index contributed by atoms with van der Waals surface area (Å²) in [6, 6.07) is 17.5. The number of hydrogen-bond acceptors (Lipinski definition) is 3. The fourth-order valence-corrected chi connectivity index (χ4v) is 3.52. The van der Waals surface area contributed by atoms with E-state index in [4.69, 9.17) is 5.26 Å². The van der Waals surface area contributed by atoms with Crippen molar-refractivity contribution in [3.63, 3.8) is 0 Å². The number of aromatic nitrogens is 1. The van der Waals surface area contributed by atoms with Gasteiger partial charge >= 0.3 is 0 Å². The number of nitrogens with one attached hydrogen (secondary N) is 1. The number of nitrogens with zero attached hydrogens (tertiary/aromatic N) is 1. The van der Waals surface area contributed by atoms with Gasteiger partial charge in [-0.3, -0.25) is 0 Å². The molecule has 0 radical (unpaired) electrons. The Hall–Kier alpha value is -2.58. The fraction of sp³-hybridized carbons (Fsp3) is 0.0625. The number of nitriles is 1. The van der Waals surface area contributed by atoms with E-state index in [2.05, 4.69) is 11.1 Å². The molecule has 0 aliphatic heterocycles. The highest BCUT2D eigenvalue weighted by molar-refractivity contribution is 7.91. The van der Waals surface area contributed by atoms with Crippen LogP contribution in [0.3, 0.4) is 0 Å². The molecular formula is C16H12N2O2S. The van der Waals surface area contributed by atoms with Gasteiger partial charge in [0.1, 0.15) is 5.03 Å². The number of benzene rings is 2. The Bertz CT molecular complexity index is 935. The van der Waals surface area contributed by atoms with Crippen molar-refractivity contribution < 1.29 is 8.42 Å². The molecule has 3 rings (SSSR count). The molecule has 0 aliphatic carbocycles. The van der Waals surface area contributed by atoms with E-state index in [0.717, 1.165) is 16.5 Å². The van der Waals surface area contributed by atoms with Gasteiger partial charge in [0.05, 0.1) is 17.4 Å². The molecule has 0 amide bonds. The molecule has 2 aromatic carbocycles. The van der Waals surface area contributed by atoms with Crippen LogP contribution in [0.4, 0.5) is 0 Å². The maximum atomic E-state index is 12.5. The van der Waals surface area contributed by atoms with Gasteiger partial charge in [-0.1, -0.05) is 24.3 Å². The minimum atomic E-state index is -3.55. The highest BCUT2D eigenvalue weighted by Crippen LogP contribution is 2.25. The summed E-state index contributed by atoms with van der Waals surface area (Å²) >= 11 is 0. The van der Waals surface area contributed by atoms with Gasteiger partial charge in [0, 0.05) is 10.9 Å². The second-order valence-electron chi connectivity index (χ2n) is 4.71. The Kier molecular flexibility index (Phi) is 3.24. The third kappa shape index (κ3) is 2.41. The van der Waals surface area contributed by atoms with Gasteiger partial charge in [-0.25, -0.2) is 8.42 Å². The zero-order valence-electron chi connectivity index (χ0n) is 11.1. The Balaban J connectivity index is 2.11. The molecule has 0 spiro atoms. The van der Waals surface area contributed by atoms with Crippen molar-refractivity contribution in [3.05, 3.63) is 60.2 Å². The van der Waals surface area contributed by atoms with Crippen LogP contribution in [0.2, 0.25) is 0 Å². The molecule has 21 heavy (non-hydrogen) atoms. The van der Waals surface area contributed by atoms with Crippen LogP contribution in [0.25, 0.3) is 10.9 Å². The smallest absolute Gasteiger partial charge is 0.221 e. The monoisotopic (exact) mass is 296 g/mol. The molecule has 0 unspecified atom stereocenters. The first kappa shape index (κ1) is 13.4. The van der Waals surface area contributed by atoms with Crippen LogP contribution in [-0.2, 0) is 16.3 Å². The van der Waals surface area contributed by atoms with Crippen LogP contribution in [-0.4, -0.2) is 13.4 Å². The summed E-state index contributed by atoms with van der Waals surface area (Å²) in [5, 5.41) is 9.67. The molecule has 5 heteroatoms. The Morgan fingerprint density at radius 2 is 1.81 bits per heavy atom. The normalized spacial score (nSPS) is 11.4. The Morgan fingerprint density at radius 3 is 2.52 bits per heavy atom. The summed E-state index contributed by atoms with van der Waals surface area (Å²) < 4.78 is 25.1. The number of sulfone groups is 1. The number of aromatic amines is 1. The van der Waals surface area contributed by atoms with E-state index < -0.39 is 9.84 Å². The lowest BCUT2D eigenvalue weighted by Crippen LogP contribution is -2.01. The molecule has 104 valence electrons. The van der Waals surface area contributed by atoms with Crippen LogP contribution < -0.4 is 0 Å². The van der Waals surface area contributed by atoms with E-state index in [1.165, 1.54) is 0 Å². The fourth-order valence-electron chi connectivity index (χ4n) is 2.23. The quantitative estimate of drug-likeness (QED) is 0.807. The first-order valence-electron chi connectivity index (χ1n) is 6.40. The zero-order chi connectivity index (χ0) is 14.9. The topological polar surface area (TPSA) is 73.7 Å². The van der Waals surface area contributed by atoms with Crippen LogP contribution in [0.15, 0.2) is 64.5 Å². The molecule has 0 saturated carbocycles. The predicted molar refractivity (Wildman–Crippen MR) is 79.5 cm³/mol. The number of H-pyrrole nitrogens is 1. The van der Waals surface area contributed by atoms with Crippen molar-refractivity contribution in [2.45, 2.75) is 16.3 Å². The van der Waals surface area contributed by atoms with Crippen molar-refractivity contribution >= 4 is 20.7 Å². The summed E-state index contributed by atoms with van der Waals surface area (Å²) in [7, 11) is -3.55. The van der Waals surface area contributed by atoms with Gasteiger partial charge in [-0.2, -0.15) is 5.26 Å².